The molecule has 2 aliphatic carbocycles. The molecule has 5 N–H and O–H groups in total. The van der Waals surface area contributed by atoms with Crippen LogP contribution in [0, 0.1) is 11.7 Å². The molecular weight excluding hydrogens is 722 g/mol. The molecule has 13 nitrogen and oxygen atoms in total. The highest BCUT2D eigenvalue weighted by Crippen LogP contribution is 2.37. The van der Waals surface area contributed by atoms with Crippen molar-refractivity contribution < 1.29 is 23.6 Å². The van der Waals surface area contributed by atoms with Gasteiger partial charge in [0.1, 0.15) is 17.7 Å². The van der Waals surface area contributed by atoms with Gasteiger partial charge in [0.15, 0.2) is 0 Å². The highest BCUT2D eigenvalue weighted by Gasteiger charge is 2.40. The number of aromatic nitrogens is 3. The lowest BCUT2D eigenvalue weighted by atomic mass is 9.91. The SMILES string of the molecule is Cn1ncc(-c2cc(NC3CCC(NCCCCCCCCNC(=O)NCc4cc5c(s4)C(=O)N(C4CCC(=O)NC4=O)C5)CC3)ncc2F)c1CC1CC1. The molecule has 55 heavy (non-hydrogen) atoms. The number of hydrogen-bond acceptors (Lipinski definition) is 9. The van der Waals surface area contributed by atoms with Crippen LogP contribution in [-0.2, 0) is 36.1 Å². The topological polar surface area (TPSA) is 162 Å². The summed E-state index contributed by atoms with van der Waals surface area (Å²) in [4.78, 5) is 56.3. The quantitative estimate of drug-likeness (QED) is 0.0831. The van der Waals surface area contributed by atoms with Gasteiger partial charge < -0.3 is 26.2 Å². The number of rotatable bonds is 18. The number of nitrogens with one attached hydrogen (secondary N) is 5. The Morgan fingerprint density at radius 3 is 2.40 bits per heavy atom. The molecule has 0 spiro atoms. The van der Waals surface area contributed by atoms with Gasteiger partial charge >= 0.3 is 6.03 Å². The number of carbonyl (C=O) groups excluding carboxylic acids is 4. The maximum Gasteiger partial charge on any atom is 0.315 e. The first kappa shape index (κ1) is 38.9. The first-order chi connectivity index (χ1) is 26.7. The molecule has 0 aromatic carbocycles. The fourth-order valence-electron chi connectivity index (χ4n) is 8.08. The van der Waals surface area contributed by atoms with Gasteiger partial charge in [0.05, 0.1) is 23.8 Å². The zero-order valence-electron chi connectivity index (χ0n) is 31.8. The molecular formula is C40H54FN9O4S. The molecule has 4 aliphatic rings. The lowest BCUT2D eigenvalue weighted by Gasteiger charge is -2.30. The number of piperidine rings is 1. The molecule has 5 amide bonds. The van der Waals surface area contributed by atoms with Gasteiger partial charge in [-0.1, -0.05) is 25.7 Å². The number of pyridine rings is 1. The van der Waals surface area contributed by atoms with Crippen molar-refractivity contribution in [3.8, 4) is 11.1 Å². The minimum absolute atomic E-state index is 0.191. The van der Waals surface area contributed by atoms with Gasteiger partial charge in [0, 0.05) is 60.3 Å². The van der Waals surface area contributed by atoms with Gasteiger partial charge in [-0.05, 0) is 94.4 Å². The van der Waals surface area contributed by atoms with Crippen molar-refractivity contribution in [2.45, 2.75) is 128 Å². The van der Waals surface area contributed by atoms with E-state index in [9.17, 15) is 23.6 Å². The molecule has 0 radical (unpaired) electrons. The number of aryl methyl sites for hydroxylation is 1. The van der Waals surface area contributed by atoms with Crippen LogP contribution in [0.15, 0.2) is 24.5 Å². The Hall–Kier alpha value is -4.37. The van der Waals surface area contributed by atoms with E-state index in [1.54, 1.807) is 6.20 Å². The van der Waals surface area contributed by atoms with Crippen LogP contribution in [0.4, 0.5) is 15.0 Å². The van der Waals surface area contributed by atoms with Crippen molar-refractivity contribution in [2.24, 2.45) is 13.0 Å². The molecule has 3 aromatic rings. The van der Waals surface area contributed by atoms with E-state index in [4.69, 9.17) is 0 Å². The van der Waals surface area contributed by atoms with E-state index in [2.05, 4.69) is 36.7 Å². The second kappa shape index (κ2) is 18.1. The molecule has 0 bridgehead atoms. The van der Waals surface area contributed by atoms with E-state index in [0.29, 0.717) is 54.5 Å². The molecule has 3 aromatic heterocycles. The number of nitrogens with zero attached hydrogens (tertiary/aromatic N) is 4. The summed E-state index contributed by atoms with van der Waals surface area (Å²) in [6, 6.07) is 3.80. The first-order valence-electron chi connectivity index (χ1n) is 20.2. The summed E-state index contributed by atoms with van der Waals surface area (Å²) in [7, 11) is 1.94. The number of imide groups is 1. The minimum Gasteiger partial charge on any atom is -0.367 e. The van der Waals surface area contributed by atoms with Crippen LogP contribution in [0.3, 0.4) is 0 Å². The number of urea groups is 1. The van der Waals surface area contributed by atoms with E-state index in [-0.39, 0.29) is 30.1 Å². The van der Waals surface area contributed by atoms with Crippen LogP contribution < -0.4 is 26.6 Å². The van der Waals surface area contributed by atoms with E-state index < -0.39 is 11.9 Å². The largest absolute Gasteiger partial charge is 0.367 e. The summed E-state index contributed by atoms with van der Waals surface area (Å²) >= 11 is 1.34. The van der Waals surface area contributed by atoms with Crippen LogP contribution in [0.25, 0.3) is 11.1 Å². The number of fused-ring (bicyclic) bond motifs is 1. The minimum atomic E-state index is -0.618. The summed E-state index contributed by atoms with van der Waals surface area (Å²) in [5.41, 5.74) is 3.42. The molecule has 15 heteroatoms. The predicted molar refractivity (Wildman–Crippen MR) is 209 cm³/mol. The summed E-state index contributed by atoms with van der Waals surface area (Å²) < 4.78 is 16.8. The summed E-state index contributed by atoms with van der Waals surface area (Å²) in [6.45, 7) is 2.33. The lowest BCUT2D eigenvalue weighted by molar-refractivity contribution is -0.136. The van der Waals surface area contributed by atoms with E-state index in [1.807, 2.05) is 23.9 Å². The average Bonchev–Trinajstić information content (AvgIpc) is 3.69. The number of anilines is 1. The number of hydrogen-bond donors (Lipinski definition) is 5. The molecule has 5 heterocycles. The van der Waals surface area contributed by atoms with E-state index >= 15 is 0 Å². The molecule has 296 valence electrons. The number of carbonyl (C=O) groups is 4. The zero-order valence-corrected chi connectivity index (χ0v) is 32.6. The number of halogens is 1. The summed E-state index contributed by atoms with van der Waals surface area (Å²) in [6.07, 6.45) is 18.1. The molecule has 2 aliphatic heterocycles. The Bertz CT molecular complexity index is 1850. The summed E-state index contributed by atoms with van der Waals surface area (Å²) in [5.74, 6) is 0.212. The van der Waals surface area contributed by atoms with E-state index in [1.165, 1.54) is 48.1 Å². The standard InChI is InChI=1S/C40H54FN9O4S/c1-49-34(18-25-8-9-25)31(22-46-49)30-20-35(44-23-32(30)41)47-28-12-10-27(11-13-28)42-16-6-4-2-3-5-7-17-43-40(54)45-21-29-19-26-24-50(39(53)37(26)55-29)33-14-15-36(51)48-38(33)52/h19-20,22-23,25,27-28,33,42H,2-18,21,24H2,1H3,(H,44,47)(H2,43,45,54)(H,48,51,52). The van der Waals surface area contributed by atoms with Crippen LogP contribution in [-0.4, -0.2) is 74.6 Å². The van der Waals surface area contributed by atoms with Crippen molar-refractivity contribution in [3.63, 3.8) is 0 Å². The van der Waals surface area contributed by atoms with Crippen LogP contribution in [0.1, 0.15) is 116 Å². The van der Waals surface area contributed by atoms with Gasteiger partial charge in [0.2, 0.25) is 11.8 Å². The maximum atomic E-state index is 14.9. The molecule has 1 saturated heterocycles. The molecule has 7 rings (SSSR count). The van der Waals surface area contributed by atoms with Crippen LogP contribution in [0.2, 0.25) is 0 Å². The Morgan fingerprint density at radius 1 is 0.909 bits per heavy atom. The third-order valence-electron chi connectivity index (χ3n) is 11.5. The van der Waals surface area contributed by atoms with Gasteiger partial charge in [0.25, 0.3) is 5.91 Å². The van der Waals surface area contributed by atoms with Crippen molar-refractivity contribution in [1.82, 2.24) is 40.9 Å². The molecule has 1 unspecified atom stereocenters. The smallest absolute Gasteiger partial charge is 0.315 e. The molecule has 2 saturated carbocycles. The van der Waals surface area contributed by atoms with Crippen molar-refractivity contribution in [3.05, 3.63) is 51.4 Å². The monoisotopic (exact) mass is 775 g/mol. The van der Waals surface area contributed by atoms with Gasteiger partial charge in [-0.25, -0.2) is 14.2 Å². The Kier molecular flexibility index (Phi) is 12.8. The fraction of sp³-hybridized carbons (Fsp3) is 0.600. The Labute approximate surface area is 326 Å². The molecule has 3 fully saturated rings. The van der Waals surface area contributed by atoms with Crippen LogP contribution in [0.5, 0.6) is 0 Å². The number of thiophene rings is 1. The Morgan fingerprint density at radius 2 is 1.65 bits per heavy atom. The first-order valence-corrected chi connectivity index (χ1v) is 21.0. The normalized spacial score (nSPS) is 21.1. The second-order valence-corrected chi connectivity index (χ2v) is 16.8. The highest BCUT2D eigenvalue weighted by atomic mass is 32.1. The maximum absolute atomic E-state index is 14.9. The average molecular weight is 776 g/mol. The third kappa shape index (κ3) is 10.1. The molecule has 1 atom stereocenters. The van der Waals surface area contributed by atoms with Crippen LogP contribution >= 0.6 is 11.3 Å². The fourth-order valence-corrected chi connectivity index (χ4v) is 9.15. The van der Waals surface area contributed by atoms with Gasteiger partial charge in [-0.3, -0.25) is 24.4 Å². The zero-order chi connectivity index (χ0) is 38.3. The van der Waals surface area contributed by atoms with E-state index in [0.717, 1.165) is 91.8 Å². The number of amides is 5. The number of unbranched alkanes of at least 4 members (excludes halogenated alkanes) is 5. The Balaban J connectivity index is 0.698. The highest BCUT2D eigenvalue weighted by molar-refractivity contribution is 7.14. The third-order valence-corrected chi connectivity index (χ3v) is 12.6. The van der Waals surface area contributed by atoms with Crippen molar-refractivity contribution in [2.75, 3.05) is 18.4 Å². The second-order valence-electron chi connectivity index (χ2n) is 15.7. The summed E-state index contributed by atoms with van der Waals surface area (Å²) in [5, 5.41) is 19.9. The van der Waals surface area contributed by atoms with Crippen molar-refractivity contribution >= 4 is 40.9 Å². The lowest BCUT2D eigenvalue weighted by Crippen LogP contribution is -2.52. The van der Waals surface area contributed by atoms with Gasteiger partial charge in [-0.2, -0.15) is 5.10 Å². The predicted octanol–water partition coefficient (Wildman–Crippen LogP) is 5.55. The van der Waals surface area contributed by atoms with Crippen molar-refractivity contribution in [1.29, 1.82) is 0 Å². The van der Waals surface area contributed by atoms with Gasteiger partial charge in [-0.15, -0.1) is 11.3 Å².